The van der Waals surface area contributed by atoms with E-state index in [4.69, 9.17) is 0 Å². The maximum Gasteiger partial charge on any atom is 0.0767 e. The second-order valence-corrected chi connectivity index (χ2v) is 7.70. The van der Waals surface area contributed by atoms with Crippen LogP contribution in [0.25, 0.3) is 0 Å². The summed E-state index contributed by atoms with van der Waals surface area (Å²) in [5, 5.41) is 8.28. The fourth-order valence-corrected chi connectivity index (χ4v) is 4.77. The van der Waals surface area contributed by atoms with E-state index < -0.39 is 0 Å². The van der Waals surface area contributed by atoms with Gasteiger partial charge in [0.15, 0.2) is 0 Å². The van der Waals surface area contributed by atoms with Crippen molar-refractivity contribution < 1.29 is 0 Å². The van der Waals surface area contributed by atoms with Crippen molar-refractivity contribution in [2.24, 2.45) is 0 Å². The fraction of sp³-hybridized carbons (Fsp3) is 0.529. The molecule has 3 rings (SSSR count). The summed E-state index contributed by atoms with van der Waals surface area (Å²) in [6.45, 7) is 6.01. The Labute approximate surface area is 135 Å². The molecule has 1 fully saturated rings. The SMILES string of the molecule is CCCN1CCC(NC(c2cccs2)c2cccs2)CC1. The third-order valence-electron chi connectivity index (χ3n) is 4.19. The Morgan fingerprint density at radius 1 is 1.14 bits per heavy atom. The molecule has 0 saturated carbocycles. The third kappa shape index (κ3) is 3.95. The molecule has 0 aromatic carbocycles. The third-order valence-corrected chi connectivity index (χ3v) is 6.06. The summed E-state index contributed by atoms with van der Waals surface area (Å²) in [4.78, 5) is 5.48. The average Bonchev–Trinajstić information content (AvgIpc) is 3.20. The largest absolute Gasteiger partial charge is 0.303 e. The Hall–Kier alpha value is -0.680. The Morgan fingerprint density at radius 3 is 2.24 bits per heavy atom. The Balaban J connectivity index is 1.64. The summed E-state index contributed by atoms with van der Waals surface area (Å²) < 4.78 is 0. The van der Waals surface area contributed by atoms with Crippen LogP contribution in [0.4, 0.5) is 0 Å². The summed E-state index contributed by atoms with van der Waals surface area (Å²) in [5.74, 6) is 0. The normalized spacial score (nSPS) is 17.6. The minimum absolute atomic E-state index is 0.382. The van der Waals surface area contributed by atoms with E-state index in [-0.39, 0.29) is 0 Å². The van der Waals surface area contributed by atoms with Gasteiger partial charge in [0.25, 0.3) is 0 Å². The lowest BCUT2D eigenvalue weighted by atomic mass is 10.0. The molecule has 0 spiro atoms. The van der Waals surface area contributed by atoms with Gasteiger partial charge < -0.3 is 10.2 Å². The molecule has 4 heteroatoms. The van der Waals surface area contributed by atoms with Gasteiger partial charge >= 0.3 is 0 Å². The first-order valence-corrected chi connectivity index (χ1v) is 9.68. The van der Waals surface area contributed by atoms with Crippen molar-refractivity contribution in [3.05, 3.63) is 44.8 Å². The standard InChI is InChI=1S/C17H24N2S2/c1-2-9-19-10-7-14(8-11-19)18-17(15-5-3-12-20-15)16-6-4-13-21-16/h3-6,12-14,17-18H,2,7-11H2,1H3. The molecule has 0 unspecified atom stereocenters. The summed E-state index contributed by atoms with van der Waals surface area (Å²) in [5.41, 5.74) is 0. The summed E-state index contributed by atoms with van der Waals surface area (Å²) in [7, 11) is 0. The molecule has 0 bridgehead atoms. The van der Waals surface area contributed by atoms with E-state index in [1.54, 1.807) is 0 Å². The highest BCUT2D eigenvalue weighted by Gasteiger charge is 2.24. The van der Waals surface area contributed by atoms with Gasteiger partial charge in [0.05, 0.1) is 6.04 Å². The van der Waals surface area contributed by atoms with Crippen LogP contribution in [0.1, 0.15) is 42.0 Å². The predicted molar refractivity (Wildman–Crippen MR) is 93.4 cm³/mol. The topological polar surface area (TPSA) is 15.3 Å². The molecule has 1 saturated heterocycles. The van der Waals surface area contributed by atoms with Gasteiger partial charge in [-0.1, -0.05) is 19.1 Å². The highest BCUT2D eigenvalue weighted by molar-refractivity contribution is 7.11. The van der Waals surface area contributed by atoms with Gasteiger partial charge in [-0.25, -0.2) is 0 Å². The maximum atomic E-state index is 3.92. The van der Waals surface area contributed by atoms with E-state index in [9.17, 15) is 0 Å². The van der Waals surface area contributed by atoms with E-state index in [0.29, 0.717) is 12.1 Å². The van der Waals surface area contributed by atoms with Crippen LogP contribution in [0.5, 0.6) is 0 Å². The minimum Gasteiger partial charge on any atom is -0.303 e. The molecule has 21 heavy (non-hydrogen) atoms. The zero-order valence-electron chi connectivity index (χ0n) is 12.6. The lowest BCUT2D eigenvalue weighted by Gasteiger charge is -2.34. The van der Waals surface area contributed by atoms with E-state index in [1.807, 2.05) is 22.7 Å². The number of nitrogens with zero attached hydrogens (tertiary/aromatic N) is 1. The average molecular weight is 321 g/mol. The summed E-state index contributed by atoms with van der Waals surface area (Å²) in [6.07, 6.45) is 3.81. The van der Waals surface area contributed by atoms with Crippen molar-refractivity contribution in [3.63, 3.8) is 0 Å². The molecule has 0 aliphatic carbocycles. The zero-order valence-corrected chi connectivity index (χ0v) is 14.3. The van der Waals surface area contributed by atoms with Crippen LogP contribution in [0.2, 0.25) is 0 Å². The van der Waals surface area contributed by atoms with Crippen LogP contribution in [0.15, 0.2) is 35.0 Å². The van der Waals surface area contributed by atoms with E-state index in [2.05, 4.69) is 52.2 Å². The van der Waals surface area contributed by atoms with Crippen LogP contribution in [-0.2, 0) is 0 Å². The van der Waals surface area contributed by atoms with Crippen molar-refractivity contribution in [2.75, 3.05) is 19.6 Å². The van der Waals surface area contributed by atoms with Crippen LogP contribution < -0.4 is 5.32 Å². The molecule has 0 amide bonds. The maximum absolute atomic E-state index is 3.92. The number of hydrogen-bond donors (Lipinski definition) is 1. The molecule has 3 heterocycles. The van der Waals surface area contributed by atoms with Gasteiger partial charge in [0, 0.05) is 15.8 Å². The van der Waals surface area contributed by atoms with Crippen molar-refractivity contribution in [1.82, 2.24) is 10.2 Å². The number of nitrogens with one attached hydrogen (secondary N) is 1. The van der Waals surface area contributed by atoms with Crippen LogP contribution >= 0.6 is 22.7 Å². The van der Waals surface area contributed by atoms with E-state index >= 15 is 0 Å². The lowest BCUT2D eigenvalue weighted by Crippen LogP contribution is -2.43. The van der Waals surface area contributed by atoms with Crippen molar-refractivity contribution in [2.45, 2.75) is 38.3 Å². The Morgan fingerprint density at radius 2 is 1.76 bits per heavy atom. The number of thiophene rings is 2. The number of rotatable bonds is 6. The molecular weight excluding hydrogens is 296 g/mol. The highest BCUT2D eigenvalue weighted by atomic mass is 32.1. The first-order chi connectivity index (χ1) is 10.4. The van der Waals surface area contributed by atoms with Gasteiger partial charge in [-0.3, -0.25) is 0 Å². The fourth-order valence-electron chi connectivity index (χ4n) is 3.09. The van der Waals surface area contributed by atoms with Gasteiger partial charge in [-0.2, -0.15) is 0 Å². The smallest absolute Gasteiger partial charge is 0.0767 e. The molecular formula is C17H24N2S2. The van der Waals surface area contributed by atoms with Crippen molar-refractivity contribution in [3.8, 4) is 0 Å². The van der Waals surface area contributed by atoms with Crippen LogP contribution in [0, 0.1) is 0 Å². The second-order valence-electron chi connectivity index (χ2n) is 5.75. The first kappa shape index (κ1) is 15.2. The van der Waals surface area contributed by atoms with Gasteiger partial charge in [-0.05, 0) is 61.8 Å². The van der Waals surface area contributed by atoms with Gasteiger partial charge in [0.1, 0.15) is 0 Å². The van der Waals surface area contributed by atoms with Crippen LogP contribution in [-0.4, -0.2) is 30.6 Å². The quantitative estimate of drug-likeness (QED) is 0.850. The Bertz CT molecular complexity index is 465. The molecule has 114 valence electrons. The second kappa shape index (κ2) is 7.54. The number of piperidine rings is 1. The monoisotopic (exact) mass is 320 g/mol. The molecule has 2 aromatic rings. The van der Waals surface area contributed by atoms with E-state index in [0.717, 1.165) is 0 Å². The summed E-state index contributed by atoms with van der Waals surface area (Å²) >= 11 is 3.72. The summed E-state index contributed by atoms with van der Waals surface area (Å²) in [6, 6.07) is 9.86. The number of hydrogen-bond acceptors (Lipinski definition) is 4. The Kier molecular flexibility index (Phi) is 5.47. The lowest BCUT2D eigenvalue weighted by molar-refractivity contribution is 0.194. The van der Waals surface area contributed by atoms with Gasteiger partial charge in [-0.15, -0.1) is 22.7 Å². The molecule has 2 aromatic heterocycles. The van der Waals surface area contributed by atoms with Crippen LogP contribution in [0.3, 0.4) is 0 Å². The minimum atomic E-state index is 0.382. The molecule has 0 radical (unpaired) electrons. The predicted octanol–water partition coefficient (Wildman–Crippen LogP) is 4.36. The first-order valence-electron chi connectivity index (χ1n) is 7.92. The zero-order chi connectivity index (χ0) is 14.5. The molecule has 0 atom stereocenters. The van der Waals surface area contributed by atoms with Crippen molar-refractivity contribution in [1.29, 1.82) is 0 Å². The van der Waals surface area contributed by atoms with E-state index in [1.165, 1.54) is 48.7 Å². The molecule has 1 aliphatic heterocycles. The highest BCUT2D eigenvalue weighted by Crippen LogP contribution is 2.30. The molecule has 1 N–H and O–H groups in total. The molecule has 1 aliphatic rings. The van der Waals surface area contributed by atoms with Crippen molar-refractivity contribution >= 4 is 22.7 Å². The molecule has 2 nitrogen and oxygen atoms in total. The van der Waals surface area contributed by atoms with Gasteiger partial charge in [0.2, 0.25) is 0 Å². The number of likely N-dealkylation sites (tertiary alicyclic amines) is 1.